The van der Waals surface area contributed by atoms with E-state index in [1.807, 2.05) is 24.3 Å². The first-order chi connectivity index (χ1) is 23.1. The van der Waals surface area contributed by atoms with E-state index in [4.69, 9.17) is 5.10 Å². The number of anilines is 2. The van der Waals surface area contributed by atoms with Crippen LogP contribution in [0, 0.1) is 10.8 Å². The van der Waals surface area contributed by atoms with Crippen molar-refractivity contribution in [3.63, 3.8) is 0 Å². The summed E-state index contributed by atoms with van der Waals surface area (Å²) in [5, 5.41) is 25.5. The minimum Gasteiger partial charge on any atom is -0.281 e. The topological polar surface area (TPSA) is 71.5 Å². The molecule has 49 heavy (non-hydrogen) atoms. The first-order valence-electron chi connectivity index (χ1n) is 16.9. The van der Waals surface area contributed by atoms with Crippen LogP contribution < -0.4 is 9.80 Å². The van der Waals surface area contributed by atoms with Crippen molar-refractivity contribution in [1.29, 1.82) is 10.8 Å². The second-order valence-corrected chi connectivity index (χ2v) is 14.0. The molecule has 0 unspecified atom stereocenters. The van der Waals surface area contributed by atoms with Gasteiger partial charge in [0.2, 0.25) is 5.96 Å². The average Bonchev–Trinajstić information content (AvgIpc) is 3.49. The molecule has 2 N–H and O–H groups in total. The molecule has 0 spiro atoms. The Bertz CT molecular complexity index is 2000. The Hall–Kier alpha value is -4.92. The number of nitrogens with one attached hydrogen (secondary N) is 2. The molecule has 0 amide bonds. The molecule has 9 heteroatoms. The molecule has 1 fully saturated rings. The molecule has 2 heterocycles. The van der Waals surface area contributed by atoms with Crippen molar-refractivity contribution in [2.24, 2.45) is 5.10 Å². The van der Waals surface area contributed by atoms with Crippen LogP contribution in [-0.2, 0) is 6.18 Å². The number of aromatic nitrogens is 1. The highest BCUT2D eigenvalue weighted by atomic mass is 19.4. The van der Waals surface area contributed by atoms with Crippen LogP contribution in [0.3, 0.4) is 0 Å². The summed E-state index contributed by atoms with van der Waals surface area (Å²) in [6, 6.07) is 23.3. The van der Waals surface area contributed by atoms with Crippen molar-refractivity contribution in [3.05, 3.63) is 107 Å². The zero-order chi connectivity index (χ0) is 35.5. The summed E-state index contributed by atoms with van der Waals surface area (Å²) in [4.78, 5) is 3.55. The number of hydrogen-bond acceptors (Lipinski definition) is 3. The van der Waals surface area contributed by atoms with Crippen LogP contribution in [-0.4, -0.2) is 22.3 Å². The van der Waals surface area contributed by atoms with Crippen LogP contribution in [0.2, 0.25) is 0 Å². The summed E-state index contributed by atoms with van der Waals surface area (Å²) >= 11 is 0. The van der Waals surface area contributed by atoms with E-state index in [-0.39, 0.29) is 35.3 Å². The minimum absolute atomic E-state index is 0.0258. The first-order valence-corrected chi connectivity index (χ1v) is 16.9. The van der Waals surface area contributed by atoms with Crippen molar-refractivity contribution in [2.45, 2.75) is 85.2 Å². The molecule has 1 aromatic heterocycles. The van der Waals surface area contributed by atoms with Gasteiger partial charge in [0.25, 0.3) is 0 Å². The van der Waals surface area contributed by atoms with E-state index in [0.717, 1.165) is 39.7 Å². The fourth-order valence-electron chi connectivity index (χ4n) is 6.89. The third-order valence-electron chi connectivity index (χ3n) is 9.37. The predicted molar refractivity (Wildman–Crippen MR) is 197 cm³/mol. The predicted octanol–water partition coefficient (Wildman–Crippen LogP) is 11.4. The summed E-state index contributed by atoms with van der Waals surface area (Å²) in [5.74, 6) is 0.638. The van der Waals surface area contributed by atoms with E-state index in [9.17, 15) is 24.0 Å². The van der Waals surface area contributed by atoms with Crippen LogP contribution in [0.25, 0.3) is 21.8 Å². The summed E-state index contributed by atoms with van der Waals surface area (Å²) < 4.78 is 43.5. The summed E-state index contributed by atoms with van der Waals surface area (Å²) in [7, 11) is 0. The molecule has 6 nitrogen and oxygen atoms in total. The van der Waals surface area contributed by atoms with Gasteiger partial charge in [0.05, 0.1) is 28.0 Å². The number of rotatable bonds is 7. The third kappa shape index (κ3) is 5.69. The molecule has 1 aliphatic heterocycles. The number of benzene rings is 4. The monoisotopic (exact) mass is 664 g/mol. The number of hydrogen-bond donors (Lipinski definition) is 2. The minimum atomic E-state index is -4.51. The lowest BCUT2D eigenvalue weighted by molar-refractivity contribution is -0.137. The maximum absolute atomic E-state index is 13.9. The number of amidine groups is 2. The highest BCUT2D eigenvalue weighted by molar-refractivity contribution is 6.63. The molecule has 6 rings (SSSR count). The van der Waals surface area contributed by atoms with Gasteiger partial charge in [-0.25, -0.2) is 4.68 Å². The number of halogens is 3. The van der Waals surface area contributed by atoms with Gasteiger partial charge < -0.3 is 0 Å². The van der Waals surface area contributed by atoms with Gasteiger partial charge in [-0.2, -0.15) is 13.2 Å². The third-order valence-corrected chi connectivity index (χ3v) is 9.37. The van der Waals surface area contributed by atoms with Gasteiger partial charge in [-0.15, -0.1) is 5.10 Å². The average molecular weight is 665 g/mol. The summed E-state index contributed by atoms with van der Waals surface area (Å²) in [6.07, 6.45) is -4.51. The first kappa shape index (κ1) is 34.0. The fourth-order valence-corrected chi connectivity index (χ4v) is 6.89. The number of guanidine groups is 1. The fraction of sp³-hybridized carbons (Fsp3) is 0.325. The van der Waals surface area contributed by atoms with E-state index in [1.165, 1.54) is 12.1 Å². The van der Waals surface area contributed by atoms with Crippen molar-refractivity contribution in [3.8, 4) is 0 Å². The van der Waals surface area contributed by atoms with E-state index in [1.54, 1.807) is 26.6 Å². The molecule has 0 aliphatic carbocycles. The standard InChI is InChI=1S/C40H43F3N6/c1-22(2)27-14-11-15-28(23(3)4)35(27)47-37(44)38(45)48(36-29(24(5)6)16-12-17-30(36)25(7)8)39(47)46-49-33-18-10-9-13-31(33)32-21-26(40(41,42)43)19-20-34(32)49/h9-25,44-45H,1-8H3. The van der Waals surface area contributed by atoms with Gasteiger partial charge in [-0.3, -0.25) is 20.6 Å². The molecule has 254 valence electrons. The quantitative estimate of drug-likeness (QED) is 0.182. The molecule has 0 radical (unpaired) electrons. The zero-order valence-electron chi connectivity index (χ0n) is 29.2. The van der Waals surface area contributed by atoms with Crippen LogP contribution >= 0.6 is 0 Å². The van der Waals surface area contributed by atoms with E-state index >= 15 is 0 Å². The summed E-state index contributed by atoms with van der Waals surface area (Å²) in [5.41, 5.74) is 6.03. The lowest BCUT2D eigenvalue weighted by Gasteiger charge is -2.30. The smallest absolute Gasteiger partial charge is 0.281 e. The maximum atomic E-state index is 13.9. The van der Waals surface area contributed by atoms with Gasteiger partial charge in [-0.05, 0) is 70.2 Å². The highest BCUT2D eigenvalue weighted by Crippen LogP contribution is 2.43. The van der Waals surface area contributed by atoms with Gasteiger partial charge >= 0.3 is 6.18 Å². The molecule has 1 aliphatic rings. The van der Waals surface area contributed by atoms with Gasteiger partial charge in [0, 0.05) is 10.8 Å². The molecule has 1 saturated heterocycles. The van der Waals surface area contributed by atoms with Crippen LogP contribution in [0.4, 0.5) is 24.5 Å². The van der Waals surface area contributed by atoms with Crippen molar-refractivity contribution in [1.82, 2.24) is 4.68 Å². The Labute approximate surface area is 285 Å². The second-order valence-electron chi connectivity index (χ2n) is 14.0. The zero-order valence-corrected chi connectivity index (χ0v) is 29.2. The maximum Gasteiger partial charge on any atom is 0.416 e. The highest BCUT2D eigenvalue weighted by Gasteiger charge is 2.44. The van der Waals surface area contributed by atoms with Crippen LogP contribution in [0.15, 0.2) is 84.0 Å². The Kier molecular flexibility index (Phi) is 8.67. The Morgan fingerprint density at radius 3 is 1.41 bits per heavy atom. The van der Waals surface area contributed by atoms with Crippen molar-refractivity contribution >= 4 is 50.8 Å². The molecule has 0 atom stereocenters. The van der Waals surface area contributed by atoms with Crippen molar-refractivity contribution in [2.75, 3.05) is 9.80 Å². The van der Waals surface area contributed by atoms with E-state index < -0.39 is 11.7 Å². The summed E-state index contributed by atoms with van der Waals surface area (Å²) in [6.45, 7) is 16.9. The normalized spacial score (nSPS) is 14.3. The van der Waals surface area contributed by atoms with E-state index in [2.05, 4.69) is 79.7 Å². The Morgan fingerprint density at radius 1 is 0.551 bits per heavy atom. The Balaban J connectivity index is 1.77. The van der Waals surface area contributed by atoms with Crippen LogP contribution in [0.1, 0.15) is 107 Å². The lowest BCUT2D eigenvalue weighted by atomic mass is 9.91. The van der Waals surface area contributed by atoms with Gasteiger partial charge in [0.1, 0.15) is 0 Å². The van der Waals surface area contributed by atoms with Gasteiger partial charge in [-0.1, -0.05) is 110 Å². The van der Waals surface area contributed by atoms with Gasteiger partial charge in [0.15, 0.2) is 11.7 Å². The van der Waals surface area contributed by atoms with Crippen molar-refractivity contribution < 1.29 is 13.2 Å². The number of alkyl halides is 3. The molecule has 0 bridgehead atoms. The Morgan fingerprint density at radius 2 is 0.980 bits per heavy atom. The molecule has 4 aromatic carbocycles. The number of fused-ring (bicyclic) bond motifs is 3. The van der Waals surface area contributed by atoms with E-state index in [0.29, 0.717) is 27.8 Å². The lowest BCUT2D eigenvalue weighted by Crippen LogP contribution is -2.38. The molecular weight excluding hydrogens is 621 g/mol. The molecule has 5 aromatic rings. The molecule has 0 saturated carbocycles. The second kappa shape index (κ2) is 12.5. The van der Waals surface area contributed by atoms with Crippen LogP contribution in [0.5, 0.6) is 0 Å². The number of para-hydroxylation sites is 3. The molecular formula is C40H43F3N6. The SMILES string of the molecule is CC(C)c1cccc(C(C)C)c1N1C(=N)C(=N)N(c2c(C(C)C)cccc2C(C)C)C1=Nn1c2ccccc2c2cc(C(F)(F)F)ccc21. The number of nitrogens with zero attached hydrogens (tertiary/aromatic N) is 4. The largest absolute Gasteiger partial charge is 0.416 e.